The van der Waals surface area contributed by atoms with Gasteiger partial charge in [0, 0.05) is 11.8 Å². The number of carbonyl (C=O) groups excluding carboxylic acids is 2. The van der Waals surface area contributed by atoms with Crippen LogP contribution in [0.15, 0.2) is 54.7 Å². The van der Waals surface area contributed by atoms with E-state index in [0.29, 0.717) is 12.2 Å². The predicted octanol–water partition coefficient (Wildman–Crippen LogP) is 3.84. The Kier molecular flexibility index (Phi) is 6.97. The lowest BCUT2D eigenvalue weighted by Gasteiger charge is -2.16. The third kappa shape index (κ3) is 6.12. The molecule has 31 heavy (non-hydrogen) atoms. The van der Waals surface area contributed by atoms with Crippen LogP contribution < -0.4 is 5.32 Å². The van der Waals surface area contributed by atoms with Crippen LogP contribution in [0.5, 0.6) is 0 Å². The highest BCUT2D eigenvalue weighted by Gasteiger charge is 2.18. The van der Waals surface area contributed by atoms with Crippen molar-refractivity contribution in [3.05, 3.63) is 82.7 Å². The number of nitrogens with one attached hydrogen (secondary N) is 1. The summed E-state index contributed by atoms with van der Waals surface area (Å²) in [6.07, 6.45) is 3.54. The van der Waals surface area contributed by atoms with Crippen molar-refractivity contribution in [2.24, 2.45) is 0 Å². The minimum absolute atomic E-state index is 0.384. The molecule has 3 aromatic rings. The van der Waals surface area contributed by atoms with Gasteiger partial charge in [-0.3, -0.25) is 4.79 Å². The smallest absolute Gasteiger partial charge is 0.331 e. The molecule has 0 fully saturated rings. The Bertz CT molecular complexity index is 1080. The summed E-state index contributed by atoms with van der Waals surface area (Å²) in [5, 5.41) is 10.9. The third-order valence-corrected chi connectivity index (χ3v) is 4.72. The van der Waals surface area contributed by atoms with Gasteiger partial charge in [0.05, 0.1) is 12.7 Å². The zero-order valence-electron chi connectivity index (χ0n) is 18.1. The van der Waals surface area contributed by atoms with Crippen LogP contribution in [-0.2, 0) is 20.9 Å². The van der Waals surface area contributed by atoms with E-state index in [1.165, 1.54) is 19.1 Å². The van der Waals surface area contributed by atoms with Crippen molar-refractivity contribution >= 4 is 23.6 Å². The number of nitrogens with zero attached hydrogens (tertiary/aromatic N) is 3. The van der Waals surface area contributed by atoms with Gasteiger partial charge in [-0.1, -0.05) is 53.2 Å². The summed E-state index contributed by atoms with van der Waals surface area (Å²) in [7, 11) is 0. The van der Waals surface area contributed by atoms with Crippen LogP contribution in [0.3, 0.4) is 0 Å². The number of ether oxygens (including phenoxy) is 1. The molecule has 1 heterocycles. The molecule has 0 aliphatic carbocycles. The number of anilines is 1. The quantitative estimate of drug-likeness (QED) is 0.465. The van der Waals surface area contributed by atoms with E-state index in [4.69, 9.17) is 4.74 Å². The molecule has 0 saturated carbocycles. The topological polar surface area (TPSA) is 86.1 Å². The third-order valence-electron chi connectivity index (χ3n) is 4.72. The summed E-state index contributed by atoms with van der Waals surface area (Å²) in [6, 6.07) is 13.9. The Hall–Kier alpha value is -3.74. The Labute approximate surface area is 181 Å². The molecule has 0 aliphatic heterocycles. The van der Waals surface area contributed by atoms with Crippen LogP contribution in [0.2, 0.25) is 0 Å². The fourth-order valence-electron chi connectivity index (χ4n) is 3.26. The summed E-state index contributed by atoms with van der Waals surface area (Å²) in [5.41, 5.74) is 5.41. The van der Waals surface area contributed by atoms with E-state index in [1.54, 1.807) is 10.9 Å². The first-order valence-electron chi connectivity index (χ1n) is 10.0. The average molecular weight is 418 g/mol. The lowest BCUT2D eigenvalue weighted by atomic mass is 10.0. The Morgan fingerprint density at radius 3 is 2.48 bits per heavy atom. The number of benzene rings is 2. The number of hydrogen-bond donors (Lipinski definition) is 1. The number of amides is 1. The molecule has 1 atom stereocenters. The van der Waals surface area contributed by atoms with E-state index < -0.39 is 12.1 Å². The molecule has 1 amide bonds. The van der Waals surface area contributed by atoms with Crippen molar-refractivity contribution < 1.29 is 14.3 Å². The van der Waals surface area contributed by atoms with Crippen LogP contribution in [0.1, 0.15) is 34.9 Å². The van der Waals surface area contributed by atoms with Gasteiger partial charge in [-0.15, -0.1) is 5.10 Å². The fourth-order valence-corrected chi connectivity index (χ4v) is 3.26. The average Bonchev–Trinajstić information content (AvgIpc) is 3.17. The van der Waals surface area contributed by atoms with Gasteiger partial charge in [0.15, 0.2) is 6.10 Å². The molecule has 1 N–H and O–H groups in total. The zero-order valence-corrected chi connectivity index (χ0v) is 18.1. The molecule has 0 radical (unpaired) electrons. The van der Waals surface area contributed by atoms with E-state index in [1.807, 2.05) is 63.2 Å². The first kappa shape index (κ1) is 22.0. The second kappa shape index (κ2) is 9.84. The minimum atomic E-state index is -0.939. The van der Waals surface area contributed by atoms with Gasteiger partial charge in [-0.05, 0) is 50.5 Å². The molecule has 2 aromatic carbocycles. The lowest BCUT2D eigenvalue weighted by Crippen LogP contribution is -2.30. The summed E-state index contributed by atoms with van der Waals surface area (Å²) in [6.45, 7) is 7.99. The van der Waals surface area contributed by atoms with Gasteiger partial charge < -0.3 is 10.1 Å². The number of aryl methyl sites for hydroxylation is 3. The van der Waals surface area contributed by atoms with Gasteiger partial charge in [-0.2, -0.15) is 0 Å². The number of rotatable bonds is 7. The van der Waals surface area contributed by atoms with E-state index in [9.17, 15) is 9.59 Å². The van der Waals surface area contributed by atoms with Crippen molar-refractivity contribution in [2.45, 2.75) is 40.3 Å². The largest absolute Gasteiger partial charge is 0.449 e. The van der Waals surface area contributed by atoms with Crippen molar-refractivity contribution in [1.82, 2.24) is 15.0 Å². The van der Waals surface area contributed by atoms with E-state index >= 15 is 0 Å². The maximum absolute atomic E-state index is 12.5. The molecule has 0 unspecified atom stereocenters. The Balaban J connectivity index is 1.54. The molecule has 0 spiro atoms. The molecule has 0 saturated heterocycles. The van der Waals surface area contributed by atoms with Crippen molar-refractivity contribution in [3.63, 3.8) is 0 Å². The number of aromatic nitrogens is 3. The molecule has 7 heteroatoms. The zero-order chi connectivity index (χ0) is 22.4. The van der Waals surface area contributed by atoms with Crippen molar-refractivity contribution in [2.75, 3.05) is 5.32 Å². The van der Waals surface area contributed by atoms with Gasteiger partial charge in [0.1, 0.15) is 5.69 Å². The first-order valence-corrected chi connectivity index (χ1v) is 10.0. The lowest BCUT2D eigenvalue weighted by molar-refractivity contribution is -0.148. The molecule has 3 rings (SSSR count). The molecule has 0 bridgehead atoms. The number of esters is 1. The van der Waals surface area contributed by atoms with E-state index in [2.05, 4.69) is 15.6 Å². The van der Waals surface area contributed by atoms with Crippen molar-refractivity contribution in [1.29, 1.82) is 0 Å². The van der Waals surface area contributed by atoms with Crippen LogP contribution in [0.4, 0.5) is 5.69 Å². The second-order valence-corrected chi connectivity index (χ2v) is 7.50. The monoisotopic (exact) mass is 418 g/mol. The highest BCUT2D eigenvalue weighted by atomic mass is 16.5. The molecular formula is C24H26N4O3. The standard InChI is InChI=1S/C24H26N4O3/c1-16-12-17(2)23(18(3)13-16)25-24(30)19(4)31-22(29)11-10-21-15-28(27-26-21)14-20-8-6-5-7-9-20/h5-13,15,19H,14H2,1-4H3,(H,25,30)/b11-10+/t19-/m1/s1. The minimum Gasteiger partial charge on any atom is -0.449 e. The summed E-state index contributed by atoms with van der Waals surface area (Å²) >= 11 is 0. The van der Waals surface area contributed by atoms with Gasteiger partial charge in [-0.25, -0.2) is 9.48 Å². The van der Waals surface area contributed by atoms with E-state index in [0.717, 1.165) is 27.9 Å². The van der Waals surface area contributed by atoms with Crippen LogP contribution in [0, 0.1) is 20.8 Å². The first-order chi connectivity index (χ1) is 14.8. The molecular weight excluding hydrogens is 392 g/mol. The van der Waals surface area contributed by atoms with Gasteiger partial charge in [0.25, 0.3) is 5.91 Å². The van der Waals surface area contributed by atoms with Gasteiger partial charge >= 0.3 is 5.97 Å². The molecule has 0 aliphatic rings. The maximum atomic E-state index is 12.5. The van der Waals surface area contributed by atoms with Crippen LogP contribution >= 0.6 is 0 Å². The maximum Gasteiger partial charge on any atom is 0.331 e. The predicted molar refractivity (Wildman–Crippen MR) is 119 cm³/mol. The highest BCUT2D eigenvalue weighted by molar-refractivity contribution is 5.97. The fraction of sp³-hybridized carbons (Fsp3) is 0.250. The Morgan fingerprint density at radius 2 is 1.81 bits per heavy atom. The van der Waals surface area contributed by atoms with E-state index in [-0.39, 0.29) is 5.91 Å². The van der Waals surface area contributed by atoms with Gasteiger partial charge in [0.2, 0.25) is 0 Å². The highest BCUT2D eigenvalue weighted by Crippen LogP contribution is 2.22. The van der Waals surface area contributed by atoms with Crippen LogP contribution in [0.25, 0.3) is 6.08 Å². The Morgan fingerprint density at radius 1 is 1.13 bits per heavy atom. The SMILES string of the molecule is Cc1cc(C)c(NC(=O)[C@@H](C)OC(=O)/C=C/c2cn(Cc3ccccc3)nn2)c(C)c1. The number of hydrogen-bond acceptors (Lipinski definition) is 5. The summed E-state index contributed by atoms with van der Waals surface area (Å²) < 4.78 is 6.90. The second-order valence-electron chi connectivity index (χ2n) is 7.50. The normalized spacial score (nSPS) is 12.0. The molecule has 1 aromatic heterocycles. The van der Waals surface area contributed by atoms with Crippen molar-refractivity contribution in [3.8, 4) is 0 Å². The summed E-state index contributed by atoms with van der Waals surface area (Å²) in [5.74, 6) is -1.01. The summed E-state index contributed by atoms with van der Waals surface area (Å²) in [4.78, 5) is 24.6. The molecule has 7 nitrogen and oxygen atoms in total. The molecule has 160 valence electrons. The number of carbonyl (C=O) groups is 2. The van der Waals surface area contributed by atoms with Crippen LogP contribution in [-0.4, -0.2) is 33.0 Å².